The van der Waals surface area contributed by atoms with Gasteiger partial charge in [0.05, 0.1) is 13.7 Å². The van der Waals surface area contributed by atoms with E-state index in [1.54, 1.807) is 18.4 Å². The first-order valence-electron chi connectivity index (χ1n) is 6.76. The molecule has 20 heavy (non-hydrogen) atoms. The third-order valence-electron chi connectivity index (χ3n) is 2.99. The molecule has 4 nitrogen and oxygen atoms in total. The molecule has 1 N–H and O–H groups in total. The molecule has 0 atom stereocenters. The van der Waals surface area contributed by atoms with Crippen molar-refractivity contribution in [3.8, 4) is 5.75 Å². The smallest absolute Gasteiger partial charge is 0.182 e. The molecule has 1 heterocycles. The van der Waals surface area contributed by atoms with Crippen LogP contribution in [0, 0.1) is 0 Å². The van der Waals surface area contributed by atoms with Crippen LogP contribution in [0.5, 0.6) is 5.75 Å². The largest absolute Gasteiger partial charge is 0.497 e. The van der Waals surface area contributed by atoms with Crippen LogP contribution in [0.25, 0.3) is 0 Å². The molecule has 0 bridgehead atoms. The predicted molar refractivity (Wildman–Crippen MR) is 86.0 cm³/mol. The van der Waals surface area contributed by atoms with Crippen LogP contribution in [0.3, 0.4) is 0 Å². The van der Waals surface area contributed by atoms with E-state index in [2.05, 4.69) is 41.3 Å². The SMILES string of the molecule is CCCNc1ncc(CN(C)c2ccc(OC)cc2)s1. The highest BCUT2D eigenvalue weighted by molar-refractivity contribution is 7.15. The topological polar surface area (TPSA) is 37.4 Å². The summed E-state index contributed by atoms with van der Waals surface area (Å²) in [6.07, 6.45) is 3.06. The number of hydrogen-bond acceptors (Lipinski definition) is 5. The van der Waals surface area contributed by atoms with Gasteiger partial charge in [-0.1, -0.05) is 6.92 Å². The number of anilines is 2. The highest BCUT2D eigenvalue weighted by Gasteiger charge is 2.06. The van der Waals surface area contributed by atoms with Crippen molar-refractivity contribution in [3.05, 3.63) is 35.3 Å². The number of methoxy groups -OCH3 is 1. The van der Waals surface area contributed by atoms with E-state index in [0.717, 1.165) is 30.4 Å². The minimum atomic E-state index is 0.859. The molecule has 0 unspecified atom stereocenters. The molecule has 2 rings (SSSR count). The monoisotopic (exact) mass is 291 g/mol. The number of rotatable bonds is 7. The van der Waals surface area contributed by atoms with Gasteiger partial charge in [-0.25, -0.2) is 4.98 Å². The van der Waals surface area contributed by atoms with E-state index < -0.39 is 0 Å². The predicted octanol–water partition coefficient (Wildman–Crippen LogP) is 3.61. The second-order valence-corrected chi connectivity index (χ2v) is 5.73. The van der Waals surface area contributed by atoms with Gasteiger partial charge in [0.15, 0.2) is 5.13 Å². The zero-order chi connectivity index (χ0) is 14.4. The van der Waals surface area contributed by atoms with Gasteiger partial charge in [0.25, 0.3) is 0 Å². The molecule has 0 saturated heterocycles. The first kappa shape index (κ1) is 14.7. The highest BCUT2D eigenvalue weighted by atomic mass is 32.1. The van der Waals surface area contributed by atoms with E-state index in [9.17, 15) is 0 Å². The number of benzene rings is 1. The lowest BCUT2D eigenvalue weighted by Crippen LogP contribution is -2.15. The number of ether oxygens (including phenoxy) is 1. The van der Waals surface area contributed by atoms with Crippen LogP contribution in [-0.2, 0) is 6.54 Å². The Bertz CT molecular complexity index is 524. The summed E-state index contributed by atoms with van der Waals surface area (Å²) in [5.41, 5.74) is 1.17. The molecule has 0 amide bonds. The van der Waals surface area contributed by atoms with Crippen molar-refractivity contribution < 1.29 is 4.74 Å². The lowest BCUT2D eigenvalue weighted by molar-refractivity contribution is 0.415. The van der Waals surface area contributed by atoms with E-state index in [-0.39, 0.29) is 0 Å². The molecule has 0 radical (unpaired) electrons. The third kappa shape index (κ3) is 3.87. The summed E-state index contributed by atoms with van der Waals surface area (Å²) in [5, 5.41) is 4.32. The van der Waals surface area contributed by atoms with Gasteiger partial charge in [0.2, 0.25) is 0 Å². The maximum absolute atomic E-state index is 5.17. The summed E-state index contributed by atoms with van der Waals surface area (Å²) in [7, 11) is 3.77. The zero-order valence-electron chi connectivity index (χ0n) is 12.2. The van der Waals surface area contributed by atoms with E-state index in [1.807, 2.05) is 18.3 Å². The summed E-state index contributed by atoms with van der Waals surface area (Å²) in [6.45, 7) is 3.98. The molecule has 0 saturated carbocycles. The molecule has 5 heteroatoms. The average Bonchev–Trinajstić information content (AvgIpc) is 2.92. The van der Waals surface area contributed by atoms with Crippen molar-refractivity contribution in [2.75, 3.05) is 30.9 Å². The van der Waals surface area contributed by atoms with Gasteiger partial charge in [-0.15, -0.1) is 11.3 Å². The third-order valence-corrected chi connectivity index (χ3v) is 3.93. The van der Waals surface area contributed by atoms with E-state index in [0.29, 0.717) is 0 Å². The van der Waals surface area contributed by atoms with E-state index in [4.69, 9.17) is 4.74 Å². The van der Waals surface area contributed by atoms with E-state index in [1.165, 1.54) is 10.6 Å². The van der Waals surface area contributed by atoms with Gasteiger partial charge >= 0.3 is 0 Å². The van der Waals surface area contributed by atoms with Crippen molar-refractivity contribution in [1.82, 2.24) is 4.98 Å². The van der Waals surface area contributed by atoms with Crippen LogP contribution in [0.1, 0.15) is 18.2 Å². The van der Waals surface area contributed by atoms with E-state index >= 15 is 0 Å². The quantitative estimate of drug-likeness (QED) is 0.845. The lowest BCUT2D eigenvalue weighted by atomic mass is 10.3. The Morgan fingerprint density at radius 2 is 2.05 bits per heavy atom. The summed E-state index contributed by atoms with van der Waals surface area (Å²) in [5.74, 6) is 0.881. The minimum Gasteiger partial charge on any atom is -0.497 e. The fraction of sp³-hybridized carbons (Fsp3) is 0.400. The molecule has 0 aliphatic rings. The Kier molecular flexibility index (Phi) is 5.24. The maximum Gasteiger partial charge on any atom is 0.182 e. The summed E-state index contributed by atoms with van der Waals surface area (Å²) in [4.78, 5) is 7.85. The summed E-state index contributed by atoms with van der Waals surface area (Å²) < 4.78 is 5.17. The Hall–Kier alpha value is -1.75. The number of hydrogen-bond donors (Lipinski definition) is 1. The number of thiazole rings is 1. The Morgan fingerprint density at radius 1 is 1.30 bits per heavy atom. The molecule has 108 valence electrons. The van der Waals surface area contributed by atoms with Crippen LogP contribution in [0.15, 0.2) is 30.5 Å². The Labute approximate surface area is 124 Å². The zero-order valence-corrected chi connectivity index (χ0v) is 13.0. The van der Waals surface area contributed by atoms with Crippen LogP contribution in [0.4, 0.5) is 10.8 Å². The van der Waals surface area contributed by atoms with Gasteiger partial charge < -0.3 is 15.0 Å². The summed E-state index contributed by atoms with van der Waals surface area (Å²) in [6, 6.07) is 8.09. The Morgan fingerprint density at radius 3 is 2.70 bits per heavy atom. The lowest BCUT2D eigenvalue weighted by Gasteiger charge is -2.18. The molecule has 0 aliphatic carbocycles. The van der Waals surface area contributed by atoms with Gasteiger partial charge in [-0.05, 0) is 30.7 Å². The fourth-order valence-corrected chi connectivity index (χ4v) is 2.75. The van der Waals surface area contributed by atoms with Crippen molar-refractivity contribution in [1.29, 1.82) is 0 Å². The first-order chi connectivity index (χ1) is 9.72. The van der Waals surface area contributed by atoms with Crippen molar-refractivity contribution in [2.45, 2.75) is 19.9 Å². The fourth-order valence-electron chi connectivity index (χ4n) is 1.86. The van der Waals surface area contributed by atoms with Gasteiger partial charge in [0.1, 0.15) is 5.75 Å². The van der Waals surface area contributed by atoms with Crippen molar-refractivity contribution >= 4 is 22.2 Å². The number of aromatic nitrogens is 1. The van der Waals surface area contributed by atoms with Crippen LogP contribution >= 0.6 is 11.3 Å². The van der Waals surface area contributed by atoms with Gasteiger partial charge in [-0.3, -0.25) is 0 Å². The van der Waals surface area contributed by atoms with Crippen LogP contribution in [0.2, 0.25) is 0 Å². The standard InChI is InChI=1S/C15H21N3OS/c1-4-9-16-15-17-10-14(20-15)11-18(2)12-5-7-13(19-3)8-6-12/h5-8,10H,4,9,11H2,1-3H3,(H,16,17). The number of nitrogens with one attached hydrogen (secondary N) is 1. The molecule has 1 aromatic heterocycles. The van der Waals surface area contributed by atoms with Crippen LogP contribution in [-0.4, -0.2) is 25.7 Å². The van der Waals surface area contributed by atoms with Gasteiger partial charge in [0, 0.05) is 30.4 Å². The molecular weight excluding hydrogens is 270 g/mol. The van der Waals surface area contributed by atoms with Crippen molar-refractivity contribution in [2.24, 2.45) is 0 Å². The molecule has 0 fully saturated rings. The second kappa shape index (κ2) is 7.14. The van der Waals surface area contributed by atoms with Crippen molar-refractivity contribution in [3.63, 3.8) is 0 Å². The van der Waals surface area contributed by atoms with Crippen LogP contribution < -0.4 is 15.0 Å². The molecular formula is C15H21N3OS. The molecule has 2 aromatic rings. The second-order valence-electron chi connectivity index (χ2n) is 4.61. The van der Waals surface area contributed by atoms with Gasteiger partial charge in [-0.2, -0.15) is 0 Å². The molecule has 0 spiro atoms. The highest BCUT2D eigenvalue weighted by Crippen LogP contribution is 2.23. The minimum absolute atomic E-state index is 0.859. The number of nitrogens with zero attached hydrogens (tertiary/aromatic N) is 2. The molecule has 1 aromatic carbocycles. The normalized spacial score (nSPS) is 10.3. The molecule has 0 aliphatic heterocycles. The Balaban J connectivity index is 1.95. The maximum atomic E-state index is 5.17. The first-order valence-corrected chi connectivity index (χ1v) is 7.58. The average molecular weight is 291 g/mol. The summed E-state index contributed by atoms with van der Waals surface area (Å²) >= 11 is 1.71.